The van der Waals surface area contributed by atoms with Gasteiger partial charge >= 0.3 is 0 Å². The van der Waals surface area contributed by atoms with Crippen LogP contribution >= 0.6 is 0 Å². The summed E-state index contributed by atoms with van der Waals surface area (Å²) in [5.41, 5.74) is 0.199. The molecular weight excluding hydrogens is 285 g/mol. The van der Waals surface area contributed by atoms with E-state index >= 15 is 0 Å². The van der Waals surface area contributed by atoms with Gasteiger partial charge in [-0.25, -0.2) is 4.39 Å². The maximum atomic E-state index is 13.5. The molecule has 1 N–H and O–H groups in total. The van der Waals surface area contributed by atoms with E-state index < -0.39 is 5.82 Å². The second-order valence-electron chi connectivity index (χ2n) is 5.81. The van der Waals surface area contributed by atoms with Crippen LogP contribution in [0.3, 0.4) is 0 Å². The molecule has 2 rings (SSSR count). The molecule has 2 amide bonds. The minimum absolute atomic E-state index is 0.0425. The number of nitrogens with zero attached hydrogens (tertiary/aromatic N) is 2. The van der Waals surface area contributed by atoms with Crippen molar-refractivity contribution in [1.29, 1.82) is 0 Å². The number of amides is 2. The molecule has 6 heteroatoms. The van der Waals surface area contributed by atoms with Gasteiger partial charge < -0.3 is 10.2 Å². The van der Waals surface area contributed by atoms with Gasteiger partial charge in [0, 0.05) is 20.0 Å². The molecule has 1 aliphatic heterocycles. The van der Waals surface area contributed by atoms with Gasteiger partial charge in [0.15, 0.2) is 0 Å². The van der Waals surface area contributed by atoms with Crippen LogP contribution in [0.25, 0.3) is 0 Å². The molecule has 1 aromatic rings. The van der Waals surface area contributed by atoms with Gasteiger partial charge in [0.05, 0.1) is 12.2 Å². The van der Waals surface area contributed by atoms with Crippen LogP contribution in [-0.4, -0.2) is 55.3 Å². The quantitative estimate of drug-likeness (QED) is 0.918. The average Bonchev–Trinajstić information content (AvgIpc) is 2.49. The van der Waals surface area contributed by atoms with Crippen LogP contribution < -0.4 is 5.32 Å². The molecule has 0 atom stereocenters. The summed E-state index contributed by atoms with van der Waals surface area (Å²) in [5.74, 6) is -0.482. The van der Waals surface area contributed by atoms with Crippen LogP contribution in [0, 0.1) is 11.7 Å². The Hall–Kier alpha value is -1.95. The third-order valence-electron chi connectivity index (χ3n) is 3.89. The number of halogens is 1. The molecule has 0 radical (unpaired) electrons. The molecule has 1 fully saturated rings. The largest absolute Gasteiger partial charge is 0.349 e. The normalized spacial score (nSPS) is 16.3. The standard InChI is InChI=1S/C16H22FN3O2/c1-19(2)16(22)12-7-9-20(10-8-12)11-15(21)18-14-6-4-3-5-13(14)17/h3-6,12H,7-11H2,1-2H3,(H,18,21). The molecule has 22 heavy (non-hydrogen) atoms. The smallest absolute Gasteiger partial charge is 0.238 e. The average molecular weight is 307 g/mol. The number of likely N-dealkylation sites (tertiary alicyclic amines) is 1. The van der Waals surface area contributed by atoms with E-state index in [1.54, 1.807) is 31.1 Å². The van der Waals surface area contributed by atoms with E-state index in [9.17, 15) is 14.0 Å². The van der Waals surface area contributed by atoms with Crippen LogP contribution in [0.2, 0.25) is 0 Å². The van der Waals surface area contributed by atoms with Crippen molar-refractivity contribution in [3.63, 3.8) is 0 Å². The molecule has 1 heterocycles. The van der Waals surface area contributed by atoms with Crippen LogP contribution in [0.1, 0.15) is 12.8 Å². The second kappa shape index (κ2) is 7.35. The summed E-state index contributed by atoms with van der Waals surface area (Å²) < 4.78 is 13.5. The fourth-order valence-corrected chi connectivity index (χ4v) is 2.66. The summed E-state index contributed by atoms with van der Waals surface area (Å²) in [4.78, 5) is 27.5. The number of carbonyl (C=O) groups excluding carboxylic acids is 2. The fraction of sp³-hybridized carbons (Fsp3) is 0.500. The van der Waals surface area contributed by atoms with E-state index in [4.69, 9.17) is 0 Å². The lowest BCUT2D eigenvalue weighted by Crippen LogP contribution is -2.43. The lowest BCUT2D eigenvalue weighted by molar-refractivity contribution is -0.134. The van der Waals surface area contributed by atoms with E-state index in [1.165, 1.54) is 12.1 Å². The molecule has 0 unspecified atom stereocenters. The van der Waals surface area contributed by atoms with Gasteiger partial charge in [0.2, 0.25) is 11.8 Å². The Labute approximate surface area is 130 Å². The molecule has 0 saturated carbocycles. The second-order valence-corrected chi connectivity index (χ2v) is 5.81. The first kappa shape index (κ1) is 16.4. The molecule has 0 aliphatic carbocycles. The van der Waals surface area contributed by atoms with Gasteiger partial charge in [-0.2, -0.15) is 0 Å². The summed E-state index contributed by atoms with van der Waals surface area (Å²) in [7, 11) is 3.52. The van der Waals surface area contributed by atoms with Crippen LogP contribution in [0.4, 0.5) is 10.1 Å². The van der Waals surface area contributed by atoms with E-state index in [2.05, 4.69) is 5.32 Å². The molecule has 1 aromatic carbocycles. The Morgan fingerprint density at radius 1 is 1.27 bits per heavy atom. The monoisotopic (exact) mass is 307 g/mol. The molecule has 1 saturated heterocycles. The summed E-state index contributed by atoms with van der Waals surface area (Å²) in [6.07, 6.45) is 1.51. The van der Waals surface area contributed by atoms with Gasteiger partial charge in [-0.1, -0.05) is 12.1 Å². The first-order valence-corrected chi connectivity index (χ1v) is 7.45. The number of piperidine rings is 1. The molecule has 1 aliphatic rings. The first-order chi connectivity index (χ1) is 10.5. The lowest BCUT2D eigenvalue weighted by Gasteiger charge is -2.31. The van der Waals surface area contributed by atoms with Crippen LogP contribution in [0.5, 0.6) is 0 Å². The number of nitrogens with one attached hydrogen (secondary N) is 1. The number of para-hydroxylation sites is 1. The Morgan fingerprint density at radius 2 is 1.91 bits per heavy atom. The minimum atomic E-state index is -0.439. The molecular formula is C16H22FN3O2. The zero-order valence-electron chi connectivity index (χ0n) is 13.0. The third-order valence-corrected chi connectivity index (χ3v) is 3.89. The topological polar surface area (TPSA) is 52.7 Å². The van der Waals surface area contributed by atoms with Gasteiger partial charge in [-0.05, 0) is 38.1 Å². The SMILES string of the molecule is CN(C)C(=O)C1CCN(CC(=O)Nc2ccccc2F)CC1. The van der Waals surface area contributed by atoms with E-state index in [0.717, 1.165) is 12.8 Å². The Bertz CT molecular complexity index is 540. The van der Waals surface area contributed by atoms with Crippen molar-refractivity contribution in [2.75, 3.05) is 39.0 Å². The molecule has 5 nitrogen and oxygen atoms in total. The predicted molar refractivity (Wildman–Crippen MR) is 82.9 cm³/mol. The van der Waals surface area contributed by atoms with Crippen LogP contribution in [0.15, 0.2) is 24.3 Å². The number of hydrogen-bond acceptors (Lipinski definition) is 3. The van der Waals surface area contributed by atoms with Gasteiger partial charge in [0.1, 0.15) is 5.82 Å². The van der Waals surface area contributed by atoms with Crippen molar-refractivity contribution in [1.82, 2.24) is 9.80 Å². The highest BCUT2D eigenvalue weighted by Gasteiger charge is 2.26. The van der Waals surface area contributed by atoms with Crippen molar-refractivity contribution in [2.24, 2.45) is 5.92 Å². The van der Waals surface area contributed by atoms with Crippen molar-refractivity contribution < 1.29 is 14.0 Å². The first-order valence-electron chi connectivity index (χ1n) is 7.45. The zero-order valence-corrected chi connectivity index (χ0v) is 13.0. The highest BCUT2D eigenvalue weighted by molar-refractivity contribution is 5.92. The van der Waals surface area contributed by atoms with E-state index in [1.807, 2.05) is 4.90 Å². The number of anilines is 1. The van der Waals surface area contributed by atoms with Crippen molar-refractivity contribution in [2.45, 2.75) is 12.8 Å². The highest BCUT2D eigenvalue weighted by atomic mass is 19.1. The third kappa shape index (κ3) is 4.27. The summed E-state index contributed by atoms with van der Waals surface area (Å²) in [6.45, 7) is 1.63. The highest BCUT2D eigenvalue weighted by Crippen LogP contribution is 2.19. The number of hydrogen-bond donors (Lipinski definition) is 1. The number of benzene rings is 1. The molecule has 0 aromatic heterocycles. The predicted octanol–water partition coefficient (Wildman–Crippen LogP) is 1.56. The maximum Gasteiger partial charge on any atom is 0.238 e. The van der Waals surface area contributed by atoms with Gasteiger partial charge in [0.25, 0.3) is 0 Å². The summed E-state index contributed by atoms with van der Waals surface area (Å²) in [6, 6.07) is 6.11. The Morgan fingerprint density at radius 3 is 2.50 bits per heavy atom. The van der Waals surface area contributed by atoms with Crippen molar-refractivity contribution >= 4 is 17.5 Å². The van der Waals surface area contributed by atoms with Crippen molar-refractivity contribution in [3.8, 4) is 0 Å². The molecule has 0 bridgehead atoms. The van der Waals surface area contributed by atoms with Crippen molar-refractivity contribution in [3.05, 3.63) is 30.1 Å². The minimum Gasteiger partial charge on any atom is -0.349 e. The zero-order chi connectivity index (χ0) is 16.1. The molecule has 120 valence electrons. The van der Waals surface area contributed by atoms with Crippen LogP contribution in [-0.2, 0) is 9.59 Å². The summed E-state index contributed by atoms with van der Waals surface area (Å²) in [5, 5.41) is 2.58. The fourth-order valence-electron chi connectivity index (χ4n) is 2.66. The summed E-state index contributed by atoms with van der Waals surface area (Å²) >= 11 is 0. The van der Waals surface area contributed by atoms with E-state index in [0.29, 0.717) is 13.1 Å². The number of rotatable bonds is 4. The van der Waals surface area contributed by atoms with Gasteiger partial charge in [-0.15, -0.1) is 0 Å². The Balaban J connectivity index is 1.80. The molecule has 0 spiro atoms. The Kier molecular flexibility index (Phi) is 5.49. The van der Waals surface area contributed by atoms with Gasteiger partial charge in [-0.3, -0.25) is 14.5 Å². The van der Waals surface area contributed by atoms with E-state index in [-0.39, 0.29) is 30.0 Å². The number of carbonyl (C=O) groups is 2. The maximum absolute atomic E-state index is 13.5. The lowest BCUT2D eigenvalue weighted by atomic mass is 9.95.